The number of nitrogens with zero attached hydrogens (tertiary/aromatic N) is 2. The maximum absolute atomic E-state index is 11.6. The largest absolute Gasteiger partial charge is 0.361 e. The van der Waals surface area contributed by atoms with Crippen molar-refractivity contribution in [2.45, 2.75) is 97.8 Å². The van der Waals surface area contributed by atoms with Gasteiger partial charge in [-0.25, -0.2) is 0 Å². The van der Waals surface area contributed by atoms with Gasteiger partial charge in [-0.15, -0.1) is 0 Å². The van der Waals surface area contributed by atoms with Crippen LogP contribution in [0, 0.1) is 55.8 Å². The second-order valence-corrected chi connectivity index (χ2v) is 25.4. The molecular formula is C70H66N2S3. The molecule has 75 heavy (non-hydrogen) atoms. The SMILES string of the molecule is Cc1cc(C#Cc2ccc(C34CC5(CS)CC(CS)(CC(CS)(C5)C3)C4)cc2)cc(C)c1-c1c2ccccc2c(C(=[N+]=[N-])c2c3ccccc3c(-c3c(C)cc(C(C)(C)C)cc3C)c3ccccc23)c2ccccc12. The second kappa shape index (κ2) is 18.3. The lowest BCUT2D eigenvalue weighted by molar-refractivity contribution is -0.145. The van der Waals surface area contributed by atoms with Crippen LogP contribution in [-0.4, -0.2) is 27.8 Å². The van der Waals surface area contributed by atoms with E-state index in [0.717, 1.165) is 82.6 Å². The predicted molar refractivity (Wildman–Crippen MR) is 329 cm³/mol. The number of thiol groups is 3. The fourth-order valence-electron chi connectivity index (χ4n) is 15.9. The minimum Gasteiger partial charge on any atom is -0.361 e. The Morgan fingerprint density at radius 3 is 1.12 bits per heavy atom. The van der Waals surface area contributed by atoms with Crippen LogP contribution in [-0.2, 0) is 10.8 Å². The van der Waals surface area contributed by atoms with Gasteiger partial charge >= 0.3 is 5.71 Å². The van der Waals surface area contributed by atoms with E-state index in [2.05, 4.69) is 211 Å². The summed E-state index contributed by atoms with van der Waals surface area (Å²) in [6.07, 6.45) is 7.39. The average molecular weight is 1030 g/mol. The van der Waals surface area contributed by atoms with Crippen molar-refractivity contribution in [3.05, 3.63) is 207 Å². The van der Waals surface area contributed by atoms with Gasteiger partial charge < -0.3 is 5.53 Å². The van der Waals surface area contributed by atoms with Crippen molar-refractivity contribution in [2.75, 3.05) is 17.3 Å². The van der Waals surface area contributed by atoms with Crippen LogP contribution in [0.3, 0.4) is 0 Å². The van der Waals surface area contributed by atoms with Crippen molar-refractivity contribution < 1.29 is 4.79 Å². The van der Waals surface area contributed by atoms with Crippen LogP contribution in [0.4, 0.5) is 0 Å². The molecule has 9 aromatic carbocycles. The van der Waals surface area contributed by atoms with Crippen LogP contribution >= 0.6 is 37.9 Å². The van der Waals surface area contributed by atoms with Gasteiger partial charge in [0.05, 0.1) is 11.1 Å². The van der Waals surface area contributed by atoms with Gasteiger partial charge in [0.25, 0.3) is 0 Å². The predicted octanol–water partition coefficient (Wildman–Crippen LogP) is 18.0. The van der Waals surface area contributed by atoms with Crippen LogP contribution in [0.1, 0.15) is 115 Å². The molecule has 5 heteroatoms. The molecule has 0 atom stereocenters. The Kier molecular flexibility index (Phi) is 12.2. The fraction of sp³-hybridized carbons (Fsp3) is 0.300. The first-order chi connectivity index (χ1) is 36.1. The topological polar surface area (TPSA) is 36.4 Å². The summed E-state index contributed by atoms with van der Waals surface area (Å²) < 4.78 is 0. The van der Waals surface area contributed by atoms with Crippen LogP contribution < -0.4 is 0 Å². The third kappa shape index (κ3) is 8.04. The molecule has 0 unspecified atom stereocenters. The molecule has 4 aliphatic carbocycles. The monoisotopic (exact) mass is 1030 g/mol. The van der Waals surface area contributed by atoms with E-state index in [1.165, 1.54) is 94.2 Å². The van der Waals surface area contributed by atoms with E-state index < -0.39 is 0 Å². The lowest BCUT2D eigenvalue weighted by Crippen LogP contribution is -2.64. The molecule has 0 radical (unpaired) electrons. The molecule has 0 heterocycles. The summed E-state index contributed by atoms with van der Waals surface area (Å²) >= 11 is 15.0. The first kappa shape index (κ1) is 49.9. The minimum absolute atomic E-state index is 0.0259. The molecule has 374 valence electrons. The zero-order valence-electron chi connectivity index (χ0n) is 44.5. The highest BCUT2D eigenvalue weighted by Gasteiger charge is 2.67. The third-order valence-corrected chi connectivity index (χ3v) is 20.1. The van der Waals surface area contributed by atoms with Crippen LogP contribution in [0.2, 0.25) is 0 Å². The van der Waals surface area contributed by atoms with Crippen LogP contribution in [0.15, 0.2) is 146 Å². The normalized spacial score (nSPS) is 21.9. The molecule has 2 nitrogen and oxygen atoms in total. The standard InChI is InChI=1S/C70H66N2S3/c1-43-30-48(25-24-47-26-28-49(29-27-47)70-37-67(40-73)34-68(38-70,41-74)36-69(35-67,39-70)42-75)31-44(2)59(43)61-51-16-8-12-20-55(51)63(56-21-13-9-17-52(56)61)65(72-71)64-57-22-14-10-18-53(57)62(54-19-11-15-23-58(54)64)60-45(3)32-50(33-46(60)4)66(5,6)7/h8-23,26-33,73-75H,34-42H2,1-7H3. The number of rotatable bonds is 8. The van der Waals surface area contributed by atoms with Gasteiger partial charge in [0.1, 0.15) is 0 Å². The van der Waals surface area contributed by atoms with Crippen molar-refractivity contribution in [3.63, 3.8) is 0 Å². The molecule has 4 fully saturated rings. The van der Waals surface area contributed by atoms with E-state index >= 15 is 0 Å². The van der Waals surface area contributed by atoms with E-state index in [-0.39, 0.29) is 27.1 Å². The Bertz CT molecular complexity index is 3750. The molecule has 4 aliphatic rings. The second-order valence-electron chi connectivity index (χ2n) is 24.5. The Balaban J connectivity index is 0.955. The first-order valence-electron chi connectivity index (χ1n) is 26.9. The smallest absolute Gasteiger partial charge is 0.332 e. The highest BCUT2D eigenvalue weighted by Crippen LogP contribution is 2.74. The number of fused-ring (bicyclic) bond motifs is 4. The molecule has 13 rings (SSSR count). The average Bonchev–Trinajstić information content (AvgIpc) is 3.43. The molecule has 0 spiro atoms. The summed E-state index contributed by atoms with van der Waals surface area (Å²) in [7, 11) is 0. The van der Waals surface area contributed by atoms with Crippen molar-refractivity contribution in [2.24, 2.45) is 16.2 Å². The Hall–Kier alpha value is -5.99. The quantitative estimate of drug-likeness (QED) is 0.0339. The highest BCUT2D eigenvalue weighted by molar-refractivity contribution is 7.80. The summed E-state index contributed by atoms with van der Waals surface area (Å²) in [6, 6.07) is 53.2. The fourth-order valence-corrected chi connectivity index (χ4v) is 16.9. The summed E-state index contributed by atoms with van der Waals surface area (Å²) in [6.45, 7) is 15.8. The van der Waals surface area contributed by atoms with E-state index in [4.69, 9.17) is 37.9 Å². The summed E-state index contributed by atoms with van der Waals surface area (Å²) in [4.78, 5) is 4.36. The van der Waals surface area contributed by atoms with Gasteiger partial charge in [0.15, 0.2) is 0 Å². The number of hydrogen-bond donors (Lipinski definition) is 3. The van der Waals surface area contributed by atoms with Crippen molar-refractivity contribution in [1.82, 2.24) is 0 Å². The van der Waals surface area contributed by atoms with E-state index in [1.54, 1.807) is 0 Å². The summed E-state index contributed by atoms with van der Waals surface area (Å²) in [5, 5.41) is 8.62. The van der Waals surface area contributed by atoms with Gasteiger partial charge in [-0.3, -0.25) is 0 Å². The highest BCUT2D eigenvalue weighted by atomic mass is 32.1. The third-order valence-electron chi connectivity index (χ3n) is 18.1. The lowest BCUT2D eigenvalue weighted by Gasteiger charge is -2.71. The van der Waals surface area contributed by atoms with E-state index in [1.807, 2.05) is 0 Å². The zero-order valence-corrected chi connectivity index (χ0v) is 47.1. The van der Waals surface area contributed by atoms with Gasteiger partial charge in [-0.2, -0.15) is 42.7 Å². The molecule has 9 aromatic rings. The van der Waals surface area contributed by atoms with Crippen LogP contribution in [0.5, 0.6) is 0 Å². The van der Waals surface area contributed by atoms with Gasteiger partial charge in [0, 0.05) is 11.1 Å². The summed E-state index contributed by atoms with van der Waals surface area (Å²) in [5.74, 6) is 9.96. The van der Waals surface area contributed by atoms with E-state index in [9.17, 15) is 5.53 Å². The lowest BCUT2D eigenvalue weighted by atomic mass is 9.35. The summed E-state index contributed by atoms with van der Waals surface area (Å²) in [5.41, 5.74) is 29.4. The molecule has 0 aliphatic heterocycles. The Labute approximate surface area is 460 Å². The number of aryl methyl sites for hydroxylation is 4. The molecule has 4 saturated carbocycles. The molecule has 0 aromatic heterocycles. The molecule has 0 saturated heterocycles. The number of benzene rings is 9. The molecular weight excluding hydrogens is 965 g/mol. The number of hydrogen-bond acceptors (Lipinski definition) is 3. The molecule has 4 bridgehead atoms. The van der Waals surface area contributed by atoms with Gasteiger partial charge in [-0.05, 0) is 234 Å². The Morgan fingerprint density at radius 2 is 0.787 bits per heavy atom. The minimum atomic E-state index is 0.0259. The van der Waals surface area contributed by atoms with E-state index in [0.29, 0.717) is 5.71 Å². The van der Waals surface area contributed by atoms with Crippen LogP contribution in [0.25, 0.3) is 70.9 Å². The van der Waals surface area contributed by atoms with Crippen molar-refractivity contribution in [1.29, 1.82) is 0 Å². The zero-order chi connectivity index (χ0) is 52.2. The maximum Gasteiger partial charge on any atom is 0.332 e. The van der Waals surface area contributed by atoms with Gasteiger partial charge in [0.2, 0.25) is 0 Å². The molecule has 0 amide bonds. The van der Waals surface area contributed by atoms with Crippen molar-refractivity contribution in [3.8, 4) is 34.1 Å². The first-order valence-corrected chi connectivity index (χ1v) is 28.8. The molecule has 0 N–H and O–H groups in total. The maximum atomic E-state index is 11.6. The Morgan fingerprint density at radius 1 is 0.453 bits per heavy atom. The van der Waals surface area contributed by atoms with Crippen molar-refractivity contribution >= 4 is 86.7 Å². The van der Waals surface area contributed by atoms with Gasteiger partial charge in [-0.1, -0.05) is 154 Å².